The summed E-state index contributed by atoms with van der Waals surface area (Å²) in [5.74, 6) is 0.841. The minimum atomic E-state index is -0.117. The van der Waals surface area contributed by atoms with Gasteiger partial charge in [0.1, 0.15) is 5.75 Å². The molecule has 1 heterocycles. The van der Waals surface area contributed by atoms with Gasteiger partial charge in [0.25, 0.3) is 0 Å². The SMILES string of the molecule is CNC(C)(C)c1cc(OC)ccn1. The first-order valence-electron chi connectivity index (χ1n) is 4.29. The Balaban J connectivity index is 3.01. The Bertz CT molecular complexity index is 284. The lowest BCUT2D eigenvalue weighted by Crippen LogP contribution is -2.34. The van der Waals surface area contributed by atoms with Crippen molar-refractivity contribution in [3.8, 4) is 5.75 Å². The van der Waals surface area contributed by atoms with E-state index in [2.05, 4.69) is 24.1 Å². The molecule has 0 amide bonds. The number of nitrogens with one attached hydrogen (secondary N) is 1. The lowest BCUT2D eigenvalue weighted by Gasteiger charge is -2.23. The summed E-state index contributed by atoms with van der Waals surface area (Å²) < 4.78 is 5.13. The molecule has 0 saturated carbocycles. The average molecular weight is 180 g/mol. The van der Waals surface area contributed by atoms with Crippen molar-refractivity contribution < 1.29 is 4.74 Å². The van der Waals surface area contributed by atoms with E-state index in [1.807, 2.05) is 19.2 Å². The zero-order valence-electron chi connectivity index (χ0n) is 8.59. The predicted octanol–water partition coefficient (Wildman–Crippen LogP) is 1.54. The van der Waals surface area contributed by atoms with Gasteiger partial charge in [0, 0.05) is 12.3 Å². The lowest BCUT2D eigenvalue weighted by atomic mass is 10.0. The number of methoxy groups -OCH3 is 1. The number of aromatic nitrogens is 1. The van der Waals surface area contributed by atoms with Gasteiger partial charge in [0.05, 0.1) is 18.3 Å². The fourth-order valence-corrected chi connectivity index (χ4v) is 1.01. The molecule has 0 saturated heterocycles. The lowest BCUT2D eigenvalue weighted by molar-refractivity contribution is 0.401. The quantitative estimate of drug-likeness (QED) is 0.766. The summed E-state index contributed by atoms with van der Waals surface area (Å²) >= 11 is 0. The molecule has 0 aliphatic heterocycles. The van der Waals surface area contributed by atoms with Gasteiger partial charge in [-0.15, -0.1) is 0 Å². The van der Waals surface area contributed by atoms with Crippen molar-refractivity contribution >= 4 is 0 Å². The standard InChI is InChI=1S/C10H16N2O/c1-10(2,11-3)9-7-8(13-4)5-6-12-9/h5-7,11H,1-4H3. The van der Waals surface area contributed by atoms with Gasteiger partial charge in [-0.25, -0.2) is 0 Å². The molecule has 1 aromatic rings. The van der Waals surface area contributed by atoms with Crippen LogP contribution >= 0.6 is 0 Å². The summed E-state index contributed by atoms with van der Waals surface area (Å²) in [6.45, 7) is 4.16. The van der Waals surface area contributed by atoms with E-state index in [1.165, 1.54) is 0 Å². The fourth-order valence-electron chi connectivity index (χ4n) is 1.01. The molecule has 0 aromatic carbocycles. The molecule has 3 heteroatoms. The molecular formula is C10H16N2O. The molecule has 0 bridgehead atoms. The van der Waals surface area contributed by atoms with Crippen molar-refractivity contribution in [1.82, 2.24) is 10.3 Å². The van der Waals surface area contributed by atoms with Crippen LogP contribution in [0.4, 0.5) is 0 Å². The van der Waals surface area contributed by atoms with Gasteiger partial charge >= 0.3 is 0 Å². The zero-order valence-corrected chi connectivity index (χ0v) is 8.59. The number of nitrogens with zero attached hydrogens (tertiary/aromatic N) is 1. The van der Waals surface area contributed by atoms with Gasteiger partial charge in [-0.3, -0.25) is 4.98 Å². The average Bonchev–Trinajstić information content (AvgIpc) is 2.18. The van der Waals surface area contributed by atoms with Crippen LogP contribution in [-0.4, -0.2) is 19.1 Å². The molecule has 0 aliphatic rings. The van der Waals surface area contributed by atoms with Crippen molar-refractivity contribution in [1.29, 1.82) is 0 Å². The Morgan fingerprint density at radius 1 is 1.46 bits per heavy atom. The van der Waals surface area contributed by atoms with Crippen LogP contribution in [0.1, 0.15) is 19.5 Å². The second-order valence-electron chi connectivity index (χ2n) is 3.46. The third-order valence-electron chi connectivity index (χ3n) is 2.23. The van der Waals surface area contributed by atoms with Crippen molar-refractivity contribution in [2.24, 2.45) is 0 Å². The van der Waals surface area contributed by atoms with Crippen molar-refractivity contribution in [3.05, 3.63) is 24.0 Å². The smallest absolute Gasteiger partial charge is 0.122 e. The van der Waals surface area contributed by atoms with E-state index in [9.17, 15) is 0 Å². The van der Waals surface area contributed by atoms with E-state index in [4.69, 9.17) is 4.74 Å². The molecule has 1 rings (SSSR count). The van der Waals surface area contributed by atoms with E-state index in [1.54, 1.807) is 13.3 Å². The Labute approximate surface area is 79.1 Å². The molecule has 0 unspecified atom stereocenters. The highest BCUT2D eigenvalue weighted by molar-refractivity contribution is 5.26. The second kappa shape index (κ2) is 3.75. The monoisotopic (exact) mass is 180 g/mol. The van der Waals surface area contributed by atoms with Gasteiger partial charge in [0.15, 0.2) is 0 Å². The Kier molecular flexibility index (Phi) is 2.88. The van der Waals surface area contributed by atoms with E-state index in [-0.39, 0.29) is 5.54 Å². The predicted molar refractivity (Wildman–Crippen MR) is 52.9 cm³/mol. The van der Waals surface area contributed by atoms with E-state index in [0.29, 0.717) is 0 Å². The molecule has 0 spiro atoms. The summed E-state index contributed by atoms with van der Waals surface area (Å²) in [6, 6.07) is 3.78. The van der Waals surface area contributed by atoms with Crippen LogP contribution in [0.5, 0.6) is 5.75 Å². The molecule has 3 nitrogen and oxygen atoms in total. The molecule has 72 valence electrons. The molecule has 0 aliphatic carbocycles. The molecule has 1 aromatic heterocycles. The first-order chi connectivity index (χ1) is 6.10. The Morgan fingerprint density at radius 2 is 2.15 bits per heavy atom. The summed E-state index contributed by atoms with van der Waals surface area (Å²) in [6.07, 6.45) is 1.76. The molecule has 13 heavy (non-hydrogen) atoms. The maximum atomic E-state index is 5.13. The molecule has 0 fully saturated rings. The van der Waals surface area contributed by atoms with Crippen molar-refractivity contribution in [2.45, 2.75) is 19.4 Å². The minimum Gasteiger partial charge on any atom is -0.497 e. The van der Waals surface area contributed by atoms with E-state index >= 15 is 0 Å². The minimum absolute atomic E-state index is 0.117. The number of rotatable bonds is 3. The fraction of sp³-hybridized carbons (Fsp3) is 0.500. The summed E-state index contributed by atoms with van der Waals surface area (Å²) in [7, 11) is 3.58. The third kappa shape index (κ3) is 2.18. The Hall–Kier alpha value is -1.09. The summed E-state index contributed by atoms with van der Waals surface area (Å²) in [5, 5.41) is 3.19. The van der Waals surface area contributed by atoms with Gasteiger partial charge < -0.3 is 10.1 Å². The largest absolute Gasteiger partial charge is 0.497 e. The molecule has 0 atom stereocenters. The molecular weight excluding hydrogens is 164 g/mol. The van der Waals surface area contributed by atoms with Gasteiger partial charge in [-0.2, -0.15) is 0 Å². The van der Waals surface area contributed by atoms with Crippen LogP contribution < -0.4 is 10.1 Å². The highest BCUT2D eigenvalue weighted by atomic mass is 16.5. The van der Waals surface area contributed by atoms with Crippen molar-refractivity contribution in [3.63, 3.8) is 0 Å². The number of hydrogen-bond donors (Lipinski definition) is 1. The zero-order chi connectivity index (χ0) is 9.90. The van der Waals surface area contributed by atoms with Crippen LogP contribution in [0.25, 0.3) is 0 Å². The number of hydrogen-bond acceptors (Lipinski definition) is 3. The molecule has 0 radical (unpaired) electrons. The van der Waals surface area contributed by atoms with Crippen LogP contribution in [-0.2, 0) is 5.54 Å². The number of ether oxygens (including phenoxy) is 1. The summed E-state index contributed by atoms with van der Waals surface area (Å²) in [4.78, 5) is 4.29. The first-order valence-corrected chi connectivity index (χ1v) is 4.29. The summed E-state index contributed by atoms with van der Waals surface area (Å²) in [5.41, 5.74) is 0.864. The van der Waals surface area contributed by atoms with Gasteiger partial charge in [0.2, 0.25) is 0 Å². The molecule has 1 N–H and O–H groups in total. The maximum absolute atomic E-state index is 5.13. The first kappa shape index (κ1) is 9.99. The van der Waals surface area contributed by atoms with Crippen LogP contribution in [0, 0.1) is 0 Å². The van der Waals surface area contributed by atoms with E-state index < -0.39 is 0 Å². The van der Waals surface area contributed by atoms with Gasteiger partial charge in [-0.05, 0) is 27.0 Å². The topological polar surface area (TPSA) is 34.1 Å². The maximum Gasteiger partial charge on any atom is 0.122 e. The van der Waals surface area contributed by atoms with Crippen LogP contribution in [0.2, 0.25) is 0 Å². The van der Waals surface area contributed by atoms with Crippen LogP contribution in [0.15, 0.2) is 18.3 Å². The van der Waals surface area contributed by atoms with E-state index in [0.717, 1.165) is 11.4 Å². The third-order valence-corrected chi connectivity index (χ3v) is 2.23. The van der Waals surface area contributed by atoms with Gasteiger partial charge in [-0.1, -0.05) is 0 Å². The highest BCUT2D eigenvalue weighted by Crippen LogP contribution is 2.20. The Morgan fingerprint density at radius 3 is 2.69 bits per heavy atom. The normalized spacial score (nSPS) is 11.4. The van der Waals surface area contributed by atoms with Crippen LogP contribution in [0.3, 0.4) is 0 Å². The highest BCUT2D eigenvalue weighted by Gasteiger charge is 2.19. The number of pyridine rings is 1. The van der Waals surface area contributed by atoms with Crippen molar-refractivity contribution in [2.75, 3.05) is 14.2 Å². The second-order valence-corrected chi connectivity index (χ2v) is 3.46.